The minimum atomic E-state index is -1.27. The Hall–Kier alpha value is -4.60. The molecule has 1 unspecified atom stereocenters. The Labute approximate surface area is 378 Å². The van der Waals surface area contributed by atoms with Crippen LogP contribution in [0.2, 0.25) is 10.0 Å². The van der Waals surface area contributed by atoms with Crippen LogP contribution in [0, 0.1) is 5.82 Å². The van der Waals surface area contributed by atoms with Gasteiger partial charge in [-0.1, -0.05) is 72.8 Å². The molecule has 5 amide bonds. The Morgan fingerprint density at radius 1 is 0.937 bits per heavy atom. The Morgan fingerprint density at radius 3 is 2.35 bits per heavy atom. The summed E-state index contributed by atoms with van der Waals surface area (Å²) in [6, 6.07) is 14.4. The Morgan fingerprint density at radius 2 is 1.65 bits per heavy atom. The molecule has 5 aliphatic rings. The molecule has 13 nitrogen and oxygen atoms in total. The molecular formula is C47H57Cl2FN8O5. The van der Waals surface area contributed by atoms with Crippen molar-refractivity contribution in [1.82, 2.24) is 25.8 Å². The minimum Gasteiger partial charge on any atom is -0.376 e. The van der Waals surface area contributed by atoms with Crippen molar-refractivity contribution in [3.63, 3.8) is 0 Å². The summed E-state index contributed by atoms with van der Waals surface area (Å²) >= 11 is 12.8. The van der Waals surface area contributed by atoms with Gasteiger partial charge in [-0.25, -0.2) is 4.39 Å². The van der Waals surface area contributed by atoms with Crippen LogP contribution in [0.1, 0.15) is 80.4 Å². The van der Waals surface area contributed by atoms with Crippen LogP contribution in [-0.2, 0) is 35.8 Å². The third kappa shape index (κ3) is 8.45. The van der Waals surface area contributed by atoms with Crippen molar-refractivity contribution in [3.05, 3.63) is 87.2 Å². The molecule has 2 spiro atoms. The highest BCUT2D eigenvalue weighted by Gasteiger charge is 2.72. The molecule has 1 aliphatic carbocycles. The quantitative estimate of drug-likeness (QED) is 0.0954. The van der Waals surface area contributed by atoms with Crippen molar-refractivity contribution in [2.45, 2.75) is 93.2 Å². The molecule has 3 aromatic rings. The average molecular weight is 904 g/mol. The highest BCUT2D eigenvalue weighted by atomic mass is 35.5. The number of halogens is 3. The topological polar surface area (TPSA) is 146 Å². The van der Waals surface area contributed by atoms with Crippen LogP contribution in [0.25, 0.3) is 0 Å². The number of hydrogen-bond acceptors (Lipinski definition) is 9. The predicted octanol–water partition coefficient (Wildman–Crippen LogP) is 5.37. The number of imide groups is 1. The summed E-state index contributed by atoms with van der Waals surface area (Å²) < 4.78 is 16.2. The number of nitrogens with one attached hydrogen (secondary N) is 4. The summed E-state index contributed by atoms with van der Waals surface area (Å²) in [6.07, 6.45) is 7.66. The molecule has 8 rings (SSSR count). The highest BCUT2D eigenvalue weighted by Crippen LogP contribution is 2.62. The number of benzene rings is 3. The second kappa shape index (κ2) is 18.9. The first-order valence-corrected chi connectivity index (χ1v) is 23.1. The number of carbonyl (C=O) groups is 5. The predicted molar refractivity (Wildman–Crippen MR) is 243 cm³/mol. The van der Waals surface area contributed by atoms with Gasteiger partial charge in [0.25, 0.3) is 0 Å². The monoisotopic (exact) mass is 902 g/mol. The Kier molecular flexibility index (Phi) is 13.5. The van der Waals surface area contributed by atoms with Crippen molar-refractivity contribution in [2.75, 3.05) is 75.0 Å². The van der Waals surface area contributed by atoms with E-state index in [0.29, 0.717) is 42.2 Å². The largest absolute Gasteiger partial charge is 0.376 e. The molecule has 4 fully saturated rings. The maximum Gasteiger partial charge on any atom is 0.249 e. The van der Waals surface area contributed by atoms with Crippen LogP contribution < -0.4 is 31.1 Å². The third-order valence-electron chi connectivity index (χ3n) is 14.1. The standard InChI is InChI=1S/C47H57Cl2FN8O5/c1-55(2)42-30(10-6-14-36(42)58(29-59)37-17-18-38(60)53-43(37)61)11-8-22-56-24-26-57(27-25-56)23-9-21-51-44(62)41-39(32-12-7-13-34(49)40(32)50)47(46(54-41)19-4-3-5-20-46)33-16-15-31(48)28-35(33)52-45(47)63/h6-7,10,12-16,28-29,37,39,41,54H,3-5,8-9,11,17-27H2,1-2H3,(H,51,62)(H,52,63)(H,53,60,61)/t37?,39-,41+,47+/m0/s1. The maximum atomic E-state index is 16.2. The van der Waals surface area contributed by atoms with Gasteiger partial charge in [0.05, 0.1) is 22.4 Å². The summed E-state index contributed by atoms with van der Waals surface area (Å²) in [5.41, 5.74) is 2.12. The van der Waals surface area contributed by atoms with E-state index in [1.54, 1.807) is 24.3 Å². The smallest absolute Gasteiger partial charge is 0.249 e. The van der Waals surface area contributed by atoms with E-state index in [9.17, 15) is 24.0 Å². The zero-order chi connectivity index (χ0) is 44.5. The molecule has 1 saturated carbocycles. The summed E-state index contributed by atoms with van der Waals surface area (Å²) in [5.74, 6) is -2.79. The van der Waals surface area contributed by atoms with Gasteiger partial charge in [-0.2, -0.15) is 0 Å². The molecule has 0 bridgehead atoms. The molecule has 4 heterocycles. The highest BCUT2D eigenvalue weighted by molar-refractivity contribution is 6.31. The van der Waals surface area contributed by atoms with E-state index >= 15 is 4.39 Å². The zero-order valence-corrected chi connectivity index (χ0v) is 37.5. The average Bonchev–Trinajstić information content (AvgIpc) is 3.72. The first kappa shape index (κ1) is 45.0. The van der Waals surface area contributed by atoms with Gasteiger partial charge in [0, 0.05) is 75.4 Å². The lowest BCUT2D eigenvalue weighted by Crippen LogP contribution is -2.60. The number of nitrogens with zero attached hydrogens (tertiary/aromatic N) is 4. The van der Waals surface area contributed by atoms with Crippen LogP contribution in [-0.4, -0.2) is 117 Å². The first-order chi connectivity index (χ1) is 30.4. The molecule has 4 atom stereocenters. The van der Waals surface area contributed by atoms with Crippen LogP contribution in [0.3, 0.4) is 0 Å². The number of piperazine rings is 1. The molecule has 0 radical (unpaired) electrons. The lowest BCUT2D eigenvalue weighted by atomic mass is 9.55. The fourth-order valence-corrected chi connectivity index (χ4v) is 11.7. The number of amides is 5. The number of rotatable bonds is 14. The lowest BCUT2D eigenvalue weighted by Gasteiger charge is -2.47. The number of carbonyl (C=O) groups excluding carboxylic acids is 5. The van der Waals surface area contributed by atoms with Crippen LogP contribution in [0.4, 0.5) is 21.5 Å². The zero-order valence-electron chi connectivity index (χ0n) is 36.0. The second-order valence-electron chi connectivity index (χ2n) is 17.9. The van der Waals surface area contributed by atoms with E-state index in [-0.39, 0.29) is 41.1 Å². The van der Waals surface area contributed by atoms with E-state index < -0.39 is 40.7 Å². The van der Waals surface area contributed by atoms with E-state index in [2.05, 4.69) is 37.1 Å². The molecular weight excluding hydrogens is 846 g/mol. The van der Waals surface area contributed by atoms with Gasteiger partial charge in [-0.05, 0) is 92.6 Å². The molecule has 0 aromatic heterocycles. The van der Waals surface area contributed by atoms with Crippen molar-refractivity contribution in [3.8, 4) is 0 Å². The minimum absolute atomic E-state index is 0.0549. The SMILES string of the molecule is CN(C)c1c(CCCN2CCN(CCCNC(=O)[C@@H]3NC4(CCCCC4)[C@@]4(C(=O)Nc5cc(Cl)ccc54)[C@H]3c3cccc(Cl)c3F)CC2)cccc1N(C=O)C1CCC(=O)NC1=O. The number of aryl methyl sites for hydroxylation is 1. The summed E-state index contributed by atoms with van der Waals surface area (Å²) in [4.78, 5) is 74.1. The summed E-state index contributed by atoms with van der Waals surface area (Å²) in [5, 5.41) is 12.7. The van der Waals surface area contributed by atoms with Gasteiger partial charge in [-0.15, -0.1) is 0 Å². The fourth-order valence-electron chi connectivity index (χ4n) is 11.3. The number of piperidine rings is 1. The van der Waals surface area contributed by atoms with Gasteiger partial charge in [0.2, 0.25) is 30.0 Å². The normalized spacial score (nSPS) is 24.6. The van der Waals surface area contributed by atoms with Crippen molar-refractivity contribution >= 4 is 70.3 Å². The van der Waals surface area contributed by atoms with Gasteiger partial charge in [-0.3, -0.25) is 34.6 Å². The van der Waals surface area contributed by atoms with Gasteiger partial charge in [0.1, 0.15) is 17.3 Å². The fraction of sp³-hybridized carbons (Fsp3) is 0.511. The molecule has 63 heavy (non-hydrogen) atoms. The third-order valence-corrected chi connectivity index (χ3v) is 14.7. The van der Waals surface area contributed by atoms with Crippen LogP contribution in [0.15, 0.2) is 54.6 Å². The van der Waals surface area contributed by atoms with E-state index in [4.69, 9.17) is 23.2 Å². The Bertz CT molecular complexity index is 2250. The number of hydrogen-bond donors (Lipinski definition) is 4. The second-order valence-corrected chi connectivity index (χ2v) is 18.8. The molecule has 336 valence electrons. The van der Waals surface area contributed by atoms with Gasteiger partial charge < -0.3 is 30.2 Å². The Balaban J connectivity index is 0.874. The van der Waals surface area contributed by atoms with Crippen molar-refractivity contribution in [1.29, 1.82) is 0 Å². The molecule has 3 saturated heterocycles. The maximum absolute atomic E-state index is 16.2. The van der Waals surface area contributed by atoms with Crippen molar-refractivity contribution < 1.29 is 28.4 Å². The molecule has 3 aromatic carbocycles. The van der Waals surface area contributed by atoms with Crippen LogP contribution >= 0.6 is 23.2 Å². The number of anilines is 3. The lowest BCUT2D eigenvalue weighted by molar-refractivity contribution is -0.135. The van der Waals surface area contributed by atoms with E-state index in [0.717, 1.165) is 94.6 Å². The van der Waals surface area contributed by atoms with Crippen LogP contribution in [0.5, 0.6) is 0 Å². The first-order valence-electron chi connectivity index (χ1n) is 22.3. The van der Waals surface area contributed by atoms with E-state index in [1.165, 1.54) is 11.0 Å². The number of fused-ring (bicyclic) bond motifs is 3. The van der Waals surface area contributed by atoms with Crippen molar-refractivity contribution in [2.24, 2.45) is 0 Å². The summed E-state index contributed by atoms with van der Waals surface area (Å²) in [6.45, 7) is 5.78. The van der Waals surface area contributed by atoms with Gasteiger partial charge >= 0.3 is 0 Å². The molecule has 16 heteroatoms. The number of para-hydroxylation sites is 1. The molecule has 4 N–H and O–H groups in total. The summed E-state index contributed by atoms with van der Waals surface area (Å²) in [7, 11) is 3.86. The van der Waals surface area contributed by atoms with E-state index in [1.807, 2.05) is 37.2 Å². The molecule has 4 aliphatic heterocycles. The van der Waals surface area contributed by atoms with Gasteiger partial charge in [0.15, 0.2) is 0 Å².